The van der Waals surface area contributed by atoms with Gasteiger partial charge < -0.3 is 20.0 Å². The summed E-state index contributed by atoms with van der Waals surface area (Å²) >= 11 is 0. The lowest BCUT2D eigenvalue weighted by Gasteiger charge is -2.36. The third kappa shape index (κ3) is 3.84. The fraction of sp³-hybridized carbons (Fsp3) is 0.304. The Hall–Kier alpha value is -4.08. The Morgan fingerprint density at radius 3 is 2.48 bits per heavy atom. The molecule has 0 bridgehead atoms. The molecular formula is C23H24N8O2. The molecular weight excluding hydrogens is 420 g/mol. The SMILES string of the molecule is Oc1cc(C=c2cnn3c(=NC4CC4)cc(N4CCN(c5ccccn5)CC4)nc23)c(O)[nH]1. The van der Waals surface area contributed by atoms with Gasteiger partial charge in [-0.25, -0.2) is 9.97 Å². The van der Waals surface area contributed by atoms with Gasteiger partial charge in [-0.2, -0.15) is 9.61 Å². The van der Waals surface area contributed by atoms with Crippen LogP contribution in [0, 0.1) is 0 Å². The average Bonchev–Trinajstić information content (AvgIpc) is 3.47. The number of H-pyrrole nitrogens is 1. The summed E-state index contributed by atoms with van der Waals surface area (Å²) in [5.74, 6) is 1.65. The number of pyridine rings is 1. The number of fused-ring (bicyclic) bond motifs is 1. The lowest BCUT2D eigenvalue weighted by atomic mass is 10.2. The molecule has 33 heavy (non-hydrogen) atoms. The van der Waals surface area contributed by atoms with E-state index in [4.69, 9.17) is 9.98 Å². The third-order valence-corrected chi connectivity index (χ3v) is 6.03. The summed E-state index contributed by atoms with van der Waals surface area (Å²) in [5.41, 5.74) is 1.92. The topological polar surface area (TPSA) is 118 Å². The normalized spacial score (nSPS) is 17.9. The molecule has 4 aromatic rings. The second-order valence-electron chi connectivity index (χ2n) is 8.43. The van der Waals surface area contributed by atoms with E-state index in [0.29, 0.717) is 17.3 Å². The van der Waals surface area contributed by atoms with Crippen LogP contribution in [-0.2, 0) is 0 Å². The van der Waals surface area contributed by atoms with E-state index in [-0.39, 0.29) is 11.8 Å². The predicted molar refractivity (Wildman–Crippen MR) is 123 cm³/mol. The summed E-state index contributed by atoms with van der Waals surface area (Å²) in [6.45, 7) is 3.35. The summed E-state index contributed by atoms with van der Waals surface area (Å²) in [7, 11) is 0. The highest BCUT2D eigenvalue weighted by atomic mass is 16.3. The van der Waals surface area contributed by atoms with Crippen molar-refractivity contribution >= 4 is 23.4 Å². The van der Waals surface area contributed by atoms with Crippen LogP contribution in [-0.4, -0.2) is 67.0 Å². The first-order chi connectivity index (χ1) is 16.1. The molecule has 5 heterocycles. The summed E-state index contributed by atoms with van der Waals surface area (Å²) in [4.78, 5) is 21.3. The predicted octanol–water partition coefficient (Wildman–Crippen LogP) is 0.801. The second kappa shape index (κ2) is 7.80. The van der Waals surface area contributed by atoms with Gasteiger partial charge in [-0.3, -0.25) is 9.98 Å². The van der Waals surface area contributed by atoms with Gasteiger partial charge in [0, 0.05) is 55.3 Å². The highest BCUT2D eigenvalue weighted by Crippen LogP contribution is 2.24. The largest absolute Gasteiger partial charge is 0.494 e. The number of aromatic hydroxyl groups is 2. The zero-order valence-corrected chi connectivity index (χ0v) is 18.0. The van der Waals surface area contributed by atoms with Crippen LogP contribution in [0.25, 0.3) is 11.7 Å². The second-order valence-corrected chi connectivity index (χ2v) is 8.43. The highest BCUT2D eigenvalue weighted by molar-refractivity contribution is 5.62. The number of nitrogens with zero attached hydrogens (tertiary/aromatic N) is 7. The van der Waals surface area contributed by atoms with Crippen LogP contribution in [0.4, 0.5) is 11.6 Å². The molecule has 0 aromatic carbocycles. The molecule has 0 radical (unpaired) electrons. The lowest BCUT2D eigenvalue weighted by Crippen LogP contribution is -2.47. The van der Waals surface area contributed by atoms with Gasteiger partial charge in [-0.05, 0) is 31.1 Å². The fourth-order valence-electron chi connectivity index (χ4n) is 4.13. The van der Waals surface area contributed by atoms with E-state index in [1.54, 1.807) is 16.8 Å². The van der Waals surface area contributed by atoms with Crippen molar-refractivity contribution in [3.05, 3.63) is 59.0 Å². The van der Waals surface area contributed by atoms with E-state index in [0.717, 1.165) is 61.4 Å². The van der Waals surface area contributed by atoms with E-state index in [1.807, 2.05) is 30.5 Å². The van der Waals surface area contributed by atoms with Crippen molar-refractivity contribution in [1.82, 2.24) is 24.6 Å². The quantitative estimate of drug-likeness (QED) is 0.426. The van der Waals surface area contributed by atoms with Gasteiger partial charge in [0.05, 0.1) is 12.2 Å². The van der Waals surface area contributed by atoms with E-state index in [9.17, 15) is 10.2 Å². The van der Waals surface area contributed by atoms with Crippen molar-refractivity contribution in [1.29, 1.82) is 0 Å². The number of aromatic amines is 1. The zero-order chi connectivity index (χ0) is 22.4. The molecule has 1 aliphatic carbocycles. The molecule has 0 spiro atoms. The molecule has 1 aliphatic heterocycles. The number of rotatable bonds is 4. The van der Waals surface area contributed by atoms with Crippen molar-refractivity contribution in [2.24, 2.45) is 4.99 Å². The Bertz CT molecular complexity index is 1420. The minimum absolute atomic E-state index is 0.0981. The van der Waals surface area contributed by atoms with Crippen LogP contribution >= 0.6 is 0 Å². The van der Waals surface area contributed by atoms with E-state index < -0.39 is 0 Å². The number of nitrogens with one attached hydrogen (secondary N) is 1. The minimum Gasteiger partial charge on any atom is -0.494 e. The van der Waals surface area contributed by atoms with Gasteiger partial charge in [0.25, 0.3) is 0 Å². The summed E-state index contributed by atoms with van der Waals surface area (Å²) in [5, 5.41) is 24.9. The number of hydrogen-bond acceptors (Lipinski definition) is 8. The first kappa shape index (κ1) is 19.6. The van der Waals surface area contributed by atoms with Crippen molar-refractivity contribution in [3.63, 3.8) is 0 Å². The molecule has 2 fully saturated rings. The minimum atomic E-state index is -0.100. The van der Waals surface area contributed by atoms with Crippen LogP contribution in [0.15, 0.2) is 47.7 Å². The first-order valence-electron chi connectivity index (χ1n) is 11.1. The van der Waals surface area contributed by atoms with Gasteiger partial charge in [-0.15, -0.1) is 0 Å². The van der Waals surface area contributed by atoms with Crippen LogP contribution in [0.1, 0.15) is 18.4 Å². The van der Waals surface area contributed by atoms with E-state index in [1.165, 1.54) is 6.07 Å². The maximum atomic E-state index is 10.0. The monoisotopic (exact) mass is 444 g/mol. The maximum absolute atomic E-state index is 10.0. The summed E-state index contributed by atoms with van der Waals surface area (Å²) in [6.07, 6.45) is 7.48. The molecule has 0 unspecified atom stereocenters. The lowest BCUT2D eigenvalue weighted by molar-refractivity contribution is 0.425. The highest BCUT2D eigenvalue weighted by Gasteiger charge is 2.22. The van der Waals surface area contributed by atoms with Crippen LogP contribution < -0.4 is 20.5 Å². The number of aromatic nitrogens is 5. The summed E-state index contributed by atoms with van der Waals surface area (Å²) in [6, 6.07) is 9.79. The molecule has 10 nitrogen and oxygen atoms in total. The Kier molecular flexibility index (Phi) is 4.63. The van der Waals surface area contributed by atoms with E-state index >= 15 is 0 Å². The van der Waals surface area contributed by atoms with Crippen molar-refractivity contribution in [3.8, 4) is 11.8 Å². The molecule has 10 heteroatoms. The maximum Gasteiger partial charge on any atom is 0.198 e. The molecule has 0 atom stereocenters. The Morgan fingerprint density at radius 2 is 1.82 bits per heavy atom. The van der Waals surface area contributed by atoms with Crippen LogP contribution in [0.5, 0.6) is 11.8 Å². The first-order valence-corrected chi connectivity index (χ1v) is 11.1. The molecule has 2 aliphatic rings. The molecule has 3 N–H and O–H groups in total. The molecule has 6 rings (SSSR count). The molecule has 4 aromatic heterocycles. The van der Waals surface area contributed by atoms with Gasteiger partial charge in [-0.1, -0.05) is 6.07 Å². The number of hydrogen-bond donors (Lipinski definition) is 3. The average molecular weight is 444 g/mol. The zero-order valence-electron chi connectivity index (χ0n) is 18.0. The van der Waals surface area contributed by atoms with Crippen LogP contribution in [0.3, 0.4) is 0 Å². The number of piperazine rings is 1. The van der Waals surface area contributed by atoms with Crippen molar-refractivity contribution < 1.29 is 10.2 Å². The van der Waals surface area contributed by atoms with Crippen molar-refractivity contribution in [2.45, 2.75) is 18.9 Å². The molecule has 1 saturated carbocycles. The molecule has 0 amide bonds. The van der Waals surface area contributed by atoms with Gasteiger partial charge in [0.2, 0.25) is 0 Å². The number of anilines is 2. The van der Waals surface area contributed by atoms with Gasteiger partial charge >= 0.3 is 0 Å². The Morgan fingerprint density at radius 1 is 1.03 bits per heavy atom. The molecule has 168 valence electrons. The fourth-order valence-corrected chi connectivity index (χ4v) is 4.13. The Labute approximate surface area is 189 Å². The smallest absolute Gasteiger partial charge is 0.198 e. The van der Waals surface area contributed by atoms with Crippen LogP contribution in [0.2, 0.25) is 0 Å². The van der Waals surface area contributed by atoms with Gasteiger partial charge in [0.1, 0.15) is 11.6 Å². The Balaban J connectivity index is 1.38. The van der Waals surface area contributed by atoms with Gasteiger partial charge in [0.15, 0.2) is 22.9 Å². The summed E-state index contributed by atoms with van der Waals surface area (Å²) < 4.78 is 1.75. The third-order valence-electron chi connectivity index (χ3n) is 6.03. The standard InChI is InChI=1S/C23H24N8O2/c32-21-12-15(23(33)28-21)11-16-14-25-31-20(26-17-4-5-17)13-19(27-22(16)31)30-9-7-29(8-10-30)18-3-1-2-6-24-18/h1-3,6,11-14,17,28,32-33H,4-5,7-10H2. The molecule has 1 saturated heterocycles. The van der Waals surface area contributed by atoms with E-state index in [2.05, 4.69) is 24.9 Å². The van der Waals surface area contributed by atoms with Crippen molar-refractivity contribution in [2.75, 3.05) is 36.0 Å².